The van der Waals surface area contributed by atoms with Crippen LogP contribution >= 0.6 is 0 Å². The molecule has 3 fully saturated rings. The molecule has 8 heteroatoms. The number of carboxylic acid groups (broad SMARTS) is 1. The minimum atomic E-state index is -0.915. The van der Waals surface area contributed by atoms with Crippen LogP contribution in [0.5, 0.6) is 0 Å². The van der Waals surface area contributed by atoms with Crippen molar-refractivity contribution in [3.63, 3.8) is 0 Å². The molecule has 1 aliphatic carbocycles. The van der Waals surface area contributed by atoms with Crippen LogP contribution in [-0.4, -0.2) is 68.3 Å². The third-order valence-electron chi connectivity index (χ3n) is 6.15. The van der Waals surface area contributed by atoms with Gasteiger partial charge in [-0.2, -0.15) is 0 Å². The topological polar surface area (TPSA) is 107 Å². The van der Waals surface area contributed by atoms with E-state index >= 15 is 0 Å². The van der Waals surface area contributed by atoms with Crippen LogP contribution in [0.25, 0.3) is 0 Å². The summed E-state index contributed by atoms with van der Waals surface area (Å²) in [5.74, 6) is -0.977. The van der Waals surface area contributed by atoms with Crippen LogP contribution in [0.4, 0.5) is 0 Å². The molecule has 1 atom stereocenters. The normalized spacial score (nSPS) is 24.9. The zero-order valence-electron chi connectivity index (χ0n) is 14.9. The van der Waals surface area contributed by atoms with Gasteiger partial charge in [0.2, 0.25) is 5.91 Å². The van der Waals surface area contributed by atoms with Gasteiger partial charge in [0.05, 0.1) is 6.33 Å². The minimum Gasteiger partial charge on any atom is -0.480 e. The number of likely N-dealkylation sites (tertiary alicyclic amines) is 2. The number of piperidine rings is 1. The third-order valence-corrected chi connectivity index (χ3v) is 6.15. The summed E-state index contributed by atoms with van der Waals surface area (Å²) in [5, 5.41) is 9.57. The molecule has 2 N–H and O–H groups in total. The maximum absolute atomic E-state index is 12.6. The molecule has 8 nitrogen and oxygen atoms in total. The Morgan fingerprint density at radius 3 is 2.50 bits per heavy atom. The molecule has 0 bridgehead atoms. The first-order valence-electron chi connectivity index (χ1n) is 9.23. The number of rotatable bonds is 3. The average Bonchev–Trinajstić information content (AvgIpc) is 3.28. The highest BCUT2D eigenvalue weighted by Crippen LogP contribution is 2.45. The Morgan fingerprint density at radius 2 is 1.96 bits per heavy atom. The van der Waals surface area contributed by atoms with E-state index in [2.05, 4.69) is 9.97 Å². The largest absolute Gasteiger partial charge is 0.480 e. The van der Waals surface area contributed by atoms with Crippen LogP contribution < -0.4 is 0 Å². The first-order chi connectivity index (χ1) is 12.4. The molecule has 1 aromatic rings. The molecule has 26 heavy (non-hydrogen) atoms. The fourth-order valence-corrected chi connectivity index (χ4v) is 4.34. The van der Waals surface area contributed by atoms with Gasteiger partial charge in [0.25, 0.3) is 5.91 Å². The Balaban J connectivity index is 1.44. The Kier molecular flexibility index (Phi) is 4.00. The monoisotopic (exact) mass is 360 g/mol. The van der Waals surface area contributed by atoms with Crippen molar-refractivity contribution in [2.45, 2.75) is 45.1 Å². The van der Waals surface area contributed by atoms with Gasteiger partial charge in [-0.25, -0.2) is 9.78 Å². The van der Waals surface area contributed by atoms with Gasteiger partial charge in [-0.3, -0.25) is 9.59 Å². The number of hydrogen-bond acceptors (Lipinski definition) is 4. The van der Waals surface area contributed by atoms with E-state index in [1.807, 2.05) is 6.92 Å². The van der Waals surface area contributed by atoms with Crippen molar-refractivity contribution in [2.24, 2.45) is 11.3 Å². The van der Waals surface area contributed by atoms with Crippen LogP contribution in [0.2, 0.25) is 0 Å². The molecule has 4 rings (SSSR count). The van der Waals surface area contributed by atoms with Gasteiger partial charge in [-0.05, 0) is 44.4 Å². The number of hydrogen-bond donors (Lipinski definition) is 2. The summed E-state index contributed by atoms with van der Waals surface area (Å²) in [6.07, 6.45) is 5.20. The first kappa shape index (κ1) is 17.1. The SMILES string of the molecule is Cc1[nH]cnc1C(=O)N1CCC2(CC1)CC(C(=O)O)N(C(=O)C1CC1)C2. The summed E-state index contributed by atoms with van der Waals surface area (Å²) in [5.41, 5.74) is 1.01. The van der Waals surface area contributed by atoms with Gasteiger partial charge >= 0.3 is 5.97 Å². The number of amides is 2. The van der Waals surface area contributed by atoms with E-state index in [0.717, 1.165) is 31.4 Å². The maximum atomic E-state index is 12.6. The number of aryl methyl sites for hydroxylation is 1. The van der Waals surface area contributed by atoms with Crippen molar-refractivity contribution < 1.29 is 19.5 Å². The second-order valence-corrected chi connectivity index (χ2v) is 7.97. The number of aromatic nitrogens is 2. The van der Waals surface area contributed by atoms with Crippen molar-refractivity contribution in [3.05, 3.63) is 17.7 Å². The summed E-state index contributed by atoms with van der Waals surface area (Å²) in [7, 11) is 0. The zero-order valence-corrected chi connectivity index (χ0v) is 14.9. The molecule has 2 aliphatic heterocycles. The van der Waals surface area contributed by atoms with Crippen LogP contribution in [-0.2, 0) is 9.59 Å². The molecule has 0 radical (unpaired) electrons. The Bertz CT molecular complexity index is 746. The Morgan fingerprint density at radius 1 is 1.27 bits per heavy atom. The molecule has 0 aromatic carbocycles. The molecule has 2 saturated heterocycles. The average molecular weight is 360 g/mol. The van der Waals surface area contributed by atoms with E-state index in [1.54, 1.807) is 9.80 Å². The second-order valence-electron chi connectivity index (χ2n) is 7.97. The van der Waals surface area contributed by atoms with E-state index < -0.39 is 12.0 Å². The number of aromatic amines is 1. The molecular weight excluding hydrogens is 336 g/mol. The summed E-state index contributed by atoms with van der Waals surface area (Å²) in [4.78, 5) is 47.2. The smallest absolute Gasteiger partial charge is 0.326 e. The number of aliphatic carboxylic acids is 1. The van der Waals surface area contributed by atoms with Crippen molar-refractivity contribution >= 4 is 17.8 Å². The van der Waals surface area contributed by atoms with E-state index in [0.29, 0.717) is 31.7 Å². The summed E-state index contributed by atoms with van der Waals surface area (Å²) in [6, 6.07) is -0.723. The molecule has 3 aliphatic rings. The molecule has 1 unspecified atom stereocenters. The zero-order chi connectivity index (χ0) is 18.5. The van der Waals surface area contributed by atoms with Gasteiger partial charge < -0.3 is 19.9 Å². The van der Waals surface area contributed by atoms with Crippen molar-refractivity contribution in [3.8, 4) is 0 Å². The molecule has 1 spiro atoms. The predicted octanol–water partition coefficient (Wildman–Crippen LogP) is 1.04. The Labute approximate surface area is 151 Å². The highest BCUT2D eigenvalue weighted by Gasteiger charge is 2.52. The van der Waals surface area contributed by atoms with Crippen molar-refractivity contribution in [1.29, 1.82) is 0 Å². The van der Waals surface area contributed by atoms with Crippen LogP contribution in [0.15, 0.2) is 6.33 Å². The fraction of sp³-hybridized carbons (Fsp3) is 0.667. The number of imidazole rings is 1. The molecule has 3 heterocycles. The number of nitrogens with one attached hydrogen (secondary N) is 1. The second kappa shape index (κ2) is 6.10. The van der Waals surface area contributed by atoms with Crippen LogP contribution in [0.1, 0.15) is 48.3 Å². The van der Waals surface area contributed by atoms with E-state index in [1.165, 1.54) is 6.33 Å². The predicted molar refractivity (Wildman–Crippen MR) is 91.4 cm³/mol. The van der Waals surface area contributed by atoms with Crippen LogP contribution in [0, 0.1) is 18.3 Å². The van der Waals surface area contributed by atoms with Gasteiger partial charge in [-0.15, -0.1) is 0 Å². The Hall–Kier alpha value is -2.38. The minimum absolute atomic E-state index is 0.0000662. The highest BCUT2D eigenvalue weighted by molar-refractivity contribution is 5.93. The lowest BCUT2D eigenvalue weighted by Gasteiger charge is -2.39. The van der Waals surface area contributed by atoms with E-state index in [-0.39, 0.29) is 23.1 Å². The molecule has 140 valence electrons. The lowest BCUT2D eigenvalue weighted by atomic mass is 9.76. The van der Waals surface area contributed by atoms with E-state index in [4.69, 9.17) is 0 Å². The number of carboxylic acids is 1. The summed E-state index contributed by atoms with van der Waals surface area (Å²) in [6.45, 7) is 3.47. The van der Waals surface area contributed by atoms with Gasteiger partial charge in [-0.1, -0.05) is 0 Å². The standard InChI is InChI=1S/C18H24N4O4/c1-11-14(20-10-19-11)16(24)21-6-4-18(5-7-21)8-13(17(25)26)22(9-18)15(23)12-2-3-12/h10,12-13H,2-9H2,1H3,(H,19,20)(H,25,26). The lowest BCUT2D eigenvalue weighted by Crippen LogP contribution is -2.45. The van der Waals surface area contributed by atoms with Crippen molar-refractivity contribution in [2.75, 3.05) is 19.6 Å². The van der Waals surface area contributed by atoms with Crippen LogP contribution in [0.3, 0.4) is 0 Å². The van der Waals surface area contributed by atoms with Crippen molar-refractivity contribution in [1.82, 2.24) is 19.8 Å². The molecule has 1 saturated carbocycles. The number of H-pyrrole nitrogens is 1. The number of carbonyl (C=O) groups excluding carboxylic acids is 2. The molecular formula is C18H24N4O4. The van der Waals surface area contributed by atoms with E-state index in [9.17, 15) is 19.5 Å². The molecule has 1 aromatic heterocycles. The lowest BCUT2D eigenvalue weighted by molar-refractivity contribution is -0.148. The highest BCUT2D eigenvalue weighted by atomic mass is 16.4. The quantitative estimate of drug-likeness (QED) is 0.837. The number of nitrogens with zero attached hydrogens (tertiary/aromatic N) is 3. The van der Waals surface area contributed by atoms with Gasteiger partial charge in [0, 0.05) is 31.2 Å². The van der Waals surface area contributed by atoms with Gasteiger partial charge in [0.15, 0.2) is 0 Å². The van der Waals surface area contributed by atoms with Gasteiger partial charge in [0.1, 0.15) is 11.7 Å². The fourth-order valence-electron chi connectivity index (χ4n) is 4.34. The summed E-state index contributed by atoms with van der Waals surface area (Å²) < 4.78 is 0. The maximum Gasteiger partial charge on any atom is 0.326 e. The molecule has 2 amide bonds. The number of carbonyl (C=O) groups is 3. The third kappa shape index (κ3) is 2.87. The summed E-state index contributed by atoms with van der Waals surface area (Å²) >= 11 is 0. The first-order valence-corrected chi connectivity index (χ1v) is 9.23.